The molecule has 0 radical (unpaired) electrons. The van der Waals surface area contributed by atoms with Gasteiger partial charge in [0.25, 0.3) is 5.89 Å². The maximum Gasteiger partial charge on any atom is 0.255 e. The molecule has 6 heteroatoms. The van der Waals surface area contributed by atoms with Crippen molar-refractivity contribution in [1.29, 1.82) is 0 Å². The van der Waals surface area contributed by atoms with Gasteiger partial charge in [-0.15, -0.1) is 11.3 Å². The minimum atomic E-state index is 0.557. The van der Waals surface area contributed by atoms with Gasteiger partial charge in [0.15, 0.2) is 5.01 Å². The van der Waals surface area contributed by atoms with E-state index in [2.05, 4.69) is 60.0 Å². The molecule has 0 fully saturated rings. The Bertz CT molecular complexity index is 964. The van der Waals surface area contributed by atoms with Crippen LogP contribution in [0, 0.1) is 0 Å². The summed E-state index contributed by atoms with van der Waals surface area (Å²) in [6, 6.07) is 12.4. The molecule has 0 aliphatic rings. The minimum Gasteiger partial charge on any atom is -0.443 e. The molecule has 2 aromatic carbocycles. The van der Waals surface area contributed by atoms with Gasteiger partial charge in [0.2, 0.25) is 0 Å². The molecule has 0 aliphatic heterocycles. The second-order valence-corrected chi connectivity index (χ2v) is 7.47. The second-order valence-electron chi connectivity index (χ2n) is 4.67. The topological polar surface area (TPSA) is 38.9 Å². The van der Waals surface area contributed by atoms with Gasteiger partial charge >= 0.3 is 0 Å². The fraction of sp³-hybridized carbons (Fsp3) is 0. The molecule has 4 rings (SSSR count). The lowest BCUT2D eigenvalue weighted by molar-refractivity contribution is 0.574. The largest absolute Gasteiger partial charge is 0.443 e. The summed E-state index contributed by atoms with van der Waals surface area (Å²) in [7, 11) is 0. The molecule has 0 bridgehead atoms. The molecular weight excluding hydrogens is 428 g/mol. The Balaban J connectivity index is 1.89. The first-order valence-corrected chi connectivity index (χ1v) is 8.87. The van der Waals surface area contributed by atoms with Gasteiger partial charge in [0.1, 0.15) is 6.26 Å². The second kappa shape index (κ2) is 5.61. The summed E-state index contributed by atoms with van der Waals surface area (Å²) in [5, 5.41) is 0.790. The molecule has 0 amide bonds. The van der Waals surface area contributed by atoms with Crippen LogP contribution in [0.25, 0.3) is 32.2 Å². The van der Waals surface area contributed by atoms with Crippen molar-refractivity contribution < 1.29 is 4.42 Å². The van der Waals surface area contributed by atoms with E-state index in [9.17, 15) is 0 Å². The number of thiazole rings is 1. The molecular formula is C16H8Br2N2OS. The Kier molecular flexibility index (Phi) is 3.60. The molecule has 108 valence electrons. The zero-order valence-electron chi connectivity index (χ0n) is 11.1. The van der Waals surface area contributed by atoms with Crippen LogP contribution in [0.2, 0.25) is 0 Å². The van der Waals surface area contributed by atoms with Gasteiger partial charge in [-0.25, -0.2) is 9.97 Å². The van der Waals surface area contributed by atoms with Crippen LogP contribution in [0.4, 0.5) is 0 Å². The predicted molar refractivity (Wildman–Crippen MR) is 96.0 cm³/mol. The molecule has 0 aliphatic carbocycles. The summed E-state index contributed by atoms with van der Waals surface area (Å²) >= 11 is 8.74. The fourth-order valence-corrected chi connectivity index (χ4v) is 4.13. The third kappa shape index (κ3) is 2.51. The summed E-state index contributed by atoms with van der Waals surface area (Å²) in [5.41, 5.74) is 3.22. The first-order chi connectivity index (χ1) is 10.7. The Hall–Kier alpha value is -1.50. The highest BCUT2D eigenvalue weighted by molar-refractivity contribution is 9.10. The van der Waals surface area contributed by atoms with E-state index in [-0.39, 0.29) is 0 Å². The monoisotopic (exact) mass is 434 g/mol. The summed E-state index contributed by atoms with van der Waals surface area (Å²) < 4.78 is 8.51. The third-order valence-electron chi connectivity index (χ3n) is 3.23. The van der Waals surface area contributed by atoms with E-state index < -0.39 is 0 Å². The highest BCUT2D eigenvalue weighted by Gasteiger charge is 2.13. The van der Waals surface area contributed by atoms with Gasteiger partial charge < -0.3 is 4.42 Å². The maximum absolute atomic E-state index is 5.33. The molecule has 3 nitrogen and oxygen atoms in total. The van der Waals surface area contributed by atoms with E-state index in [1.807, 2.05) is 18.2 Å². The molecule has 0 spiro atoms. The van der Waals surface area contributed by atoms with E-state index in [1.165, 1.54) is 0 Å². The number of benzene rings is 2. The Morgan fingerprint density at radius 3 is 2.77 bits per heavy atom. The first kappa shape index (κ1) is 14.1. The van der Waals surface area contributed by atoms with Gasteiger partial charge in [-0.2, -0.15) is 0 Å². The van der Waals surface area contributed by atoms with Gasteiger partial charge in [0, 0.05) is 8.95 Å². The predicted octanol–water partition coefficient (Wildman–Crippen LogP) is 6.14. The Labute approximate surface area is 147 Å². The number of nitrogens with zero attached hydrogens (tertiary/aromatic N) is 2. The van der Waals surface area contributed by atoms with Gasteiger partial charge in [-0.05, 0) is 35.4 Å². The van der Waals surface area contributed by atoms with E-state index in [1.54, 1.807) is 23.8 Å². The van der Waals surface area contributed by atoms with Crippen molar-refractivity contribution >= 4 is 53.4 Å². The van der Waals surface area contributed by atoms with Crippen molar-refractivity contribution in [3.05, 3.63) is 57.8 Å². The SMILES string of the molecule is Brc1cccc(-c2cc3sc(-c4ncco4)nc3cc2Br)c1. The van der Waals surface area contributed by atoms with Crippen LogP contribution >= 0.6 is 43.2 Å². The van der Waals surface area contributed by atoms with Gasteiger partial charge in [0.05, 0.1) is 16.4 Å². The van der Waals surface area contributed by atoms with Crippen LogP contribution in [0.3, 0.4) is 0 Å². The van der Waals surface area contributed by atoms with Crippen LogP contribution in [0.15, 0.2) is 62.2 Å². The number of hydrogen-bond acceptors (Lipinski definition) is 4. The highest BCUT2D eigenvalue weighted by atomic mass is 79.9. The molecule has 0 saturated carbocycles. The zero-order chi connectivity index (χ0) is 15.1. The van der Waals surface area contributed by atoms with Crippen molar-refractivity contribution in [2.24, 2.45) is 0 Å². The molecule has 4 aromatic rings. The van der Waals surface area contributed by atoms with Crippen molar-refractivity contribution in [3.8, 4) is 22.0 Å². The van der Waals surface area contributed by atoms with E-state index in [0.717, 1.165) is 35.3 Å². The molecule has 0 atom stereocenters. The van der Waals surface area contributed by atoms with Crippen molar-refractivity contribution in [1.82, 2.24) is 9.97 Å². The minimum absolute atomic E-state index is 0.557. The lowest BCUT2D eigenvalue weighted by atomic mass is 10.1. The van der Waals surface area contributed by atoms with E-state index in [0.29, 0.717) is 5.89 Å². The average Bonchev–Trinajstić information content (AvgIpc) is 3.15. The first-order valence-electron chi connectivity index (χ1n) is 6.46. The molecule has 0 N–H and O–H groups in total. The quantitative estimate of drug-likeness (QED) is 0.379. The fourth-order valence-electron chi connectivity index (χ4n) is 2.25. The van der Waals surface area contributed by atoms with Gasteiger partial charge in [-0.1, -0.05) is 44.0 Å². The summed E-state index contributed by atoms with van der Waals surface area (Å²) in [6.45, 7) is 0. The lowest BCUT2D eigenvalue weighted by Gasteiger charge is -2.05. The van der Waals surface area contributed by atoms with E-state index >= 15 is 0 Å². The number of oxazole rings is 1. The normalized spacial score (nSPS) is 11.2. The summed E-state index contributed by atoms with van der Waals surface area (Å²) in [5.74, 6) is 0.557. The van der Waals surface area contributed by atoms with Crippen LogP contribution in [-0.4, -0.2) is 9.97 Å². The Morgan fingerprint density at radius 2 is 2.00 bits per heavy atom. The number of aromatic nitrogens is 2. The summed E-state index contributed by atoms with van der Waals surface area (Å²) in [4.78, 5) is 8.75. The maximum atomic E-state index is 5.33. The average molecular weight is 436 g/mol. The van der Waals surface area contributed by atoms with Crippen LogP contribution in [0.5, 0.6) is 0 Å². The molecule has 0 unspecified atom stereocenters. The van der Waals surface area contributed by atoms with Crippen LogP contribution < -0.4 is 0 Å². The van der Waals surface area contributed by atoms with Crippen molar-refractivity contribution in [3.63, 3.8) is 0 Å². The highest BCUT2D eigenvalue weighted by Crippen LogP contribution is 2.37. The van der Waals surface area contributed by atoms with Crippen LogP contribution in [0.1, 0.15) is 0 Å². The number of hydrogen-bond donors (Lipinski definition) is 0. The van der Waals surface area contributed by atoms with Crippen molar-refractivity contribution in [2.75, 3.05) is 0 Å². The third-order valence-corrected chi connectivity index (χ3v) is 5.38. The zero-order valence-corrected chi connectivity index (χ0v) is 15.1. The number of fused-ring (bicyclic) bond motifs is 1. The smallest absolute Gasteiger partial charge is 0.255 e. The molecule has 0 saturated heterocycles. The molecule has 2 heterocycles. The number of halogens is 2. The Morgan fingerprint density at radius 1 is 1.09 bits per heavy atom. The van der Waals surface area contributed by atoms with Crippen LogP contribution in [-0.2, 0) is 0 Å². The summed E-state index contributed by atoms with van der Waals surface area (Å²) in [6.07, 6.45) is 3.19. The molecule has 2 aromatic heterocycles. The lowest BCUT2D eigenvalue weighted by Crippen LogP contribution is -1.81. The number of rotatable bonds is 2. The van der Waals surface area contributed by atoms with Gasteiger partial charge in [-0.3, -0.25) is 0 Å². The standard InChI is InChI=1S/C16H8Br2N2OS/c17-10-3-1-2-9(6-10)11-7-14-13(8-12(11)18)20-16(22-14)15-19-4-5-21-15/h1-8H. The molecule has 22 heavy (non-hydrogen) atoms. The van der Waals surface area contributed by atoms with Crippen molar-refractivity contribution in [2.45, 2.75) is 0 Å². The van der Waals surface area contributed by atoms with E-state index in [4.69, 9.17) is 4.42 Å².